The smallest absolute Gasteiger partial charge is 0.190 e. The Morgan fingerprint density at radius 1 is 1.13 bits per heavy atom. The lowest BCUT2D eigenvalue weighted by Crippen LogP contribution is -2.41. The zero-order chi connectivity index (χ0) is 20.5. The summed E-state index contributed by atoms with van der Waals surface area (Å²) in [4.78, 5) is 6.89. The van der Waals surface area contributed by atoms with Crippen molar-refractivity contribution in [2.24, 2.45) is 10.9 Å². The van der Waals surface area contributed by atoms with Gasteiger partial charge in [-0.1, -0.05) is 36.4 Å². The Balaban J connectivity index is 0.00000320. The minimum absolute atomic E-state index is 0. The average molecular weight is 524 g/mol. The number of nitrogens with one attached hydrogen (secondary N) is 2. The standard InChI is InChI=1S/C24H33FN4.HI/c1-19-16-23(25)9-8-22(19)10-13-27-24(26-2)28-17-21-12-15-29(18-21)14-11-20-6-4-3-5-7-20;/h3-9,16,21H,10-15,17-18H2,1-2H3,(H2,26,27,28);1H. The van der Waals surface area contributed by atoms with E-state index in [4.69, 9.17) is 0 Å². The third-order valence-corrected chi connectivity index (χ3v) is 5.70. The fourth-order valence-electron chi connectivity index (χ4n) is 3.93. The molecule has 0 radical (unpaired) electrons. The second-order valence-corrected chi connectivity index (χ2v) is 7.89. The maximum Gasteiger partial charge on any atom is 0.190 e. The number of likely N-dealkylation sites (tertiary alicyclic amines) is 1. The summed E-state index contributed by atoms with van der Waals surface area (Å²) in [6, 6.07) is 15.7. The van der Waals surface area contributed by atoms with Crippen molar-refractivity contribution in [3.63, 3.8) is 0 Å². The molecule has 164 valence electrons. The summed E-state index contributed by atoms with van der Waals surface area (Å²) in [7, 11) is 1.80. The normalized spacial score (nSPS) is 16.9. The Bertz CT molecular complexity index is 797. The minimum Gasteiger partial charge on any atom is -0.356 e. The molecular weight excluding hydrogens is 490 g/mol. The van der Waals surface area contributed by atoms with E-state index in [2.05, 4.69) is 50.9 Å². The van der Waals surface area contributed by atoms with E-state index < -0.39 is 0 Å². The molecule has 1 fully saturated rings. The van der Waals surface area contributed by atoms with Crippen molar-refractivity contribution >= 4 is 29.9 Å². The van der Waals surface area contributed by atoms with Gasteiger partial charge in [0.05, 0.1) is 0 Å². The SMILES string of the molecule is CN=C(NCCc1ccc(F)cc1C)NCC1CCN(CCc2ccccc2)C1.I. The molecule has 3 rings (SSSR count). The summed E-state index contributed by atoms with van der Waals surface area (Å²) >= 11 is 0. The number of aryl methyl sites for hydroxylation is 1. The van der Waals surface area contributed by atoms with E-state index in [-0.39, 0.29) is 29.8 Å². The van der Waals surface area contributed by atoms with Crippen molar-refractivity contribution in [3.8, 4) is 0 Å². The van der Waals surface area contributed by atoms with Crippen LogP contribution in [-0.2, 0) is 12.8 Å². The van der Waals surface area contributed by atoms with Crippen LogP contribution in [0.4, 0.5) is 4.39 Å². The highest BCUT2D eigenvalue weighted by Crippen LogP contribution is 2.16. The van der Waals surface area contributed by atoms with Crippen molar-refractivity contribution in [1.82, 2.24) is 15.5 Å². The molecular formula is C24H34FIN4. The van der Waals surface area contributed by atoms with Gasteiger partial charge in [0.1, 0.15) is 5.82 Å². The van der Waals surface area contributed by atoms with Crippen LogP contribution in [0.3, 0.4) is 0 Å². The van der Waals surface area contributed by atoms with Crippen LogP contribution >= 0.6 is 24.0 Å². The highest BCUT2D eigenvalue weighted by Gasteiger charge is 2.22. The Labute approximate surface area is 197 Å². The lowest BCUT2D eigenvalue weighted by atomic mass is 10.1. The van der Waals surface area contributed by atoms with E-state index >= 15 is 0 Å². The minimum atomic E-state index is -0.175. The first-order valence-electron chi connectivity index (χ1n) is 10.6. The number of hydrogen-bond acceptors (Lipinski definition) is 2. The number of rotatable bonds is 8. The van der Waals surface area contributed by atoms with E-state index in [0.717, 1.165) is 50.5 Å². The van der Waals surface area contributed by atoms with E-state index in [9.17, 15) is 4.39 Å². The van der Waals surface area contributed by atoms with Crippen LogP contribution in [0.15, 0.2) is 53.5 Å². The van der Waals surface area contributed by atoms with Crippen LogP contribution in [0.2, 0.25) is 0 Å². The van der Waals surface area contributed by atoms with E-state index in [1.165, 1.54) is 30.2 Å². The van der Waals surface area contributed by atoms with E-state index in [0.29, 0.717) is 5.92 Å². The molecule has 0 aliphatic carbocycles. The lowest BCUT2D eigenvalue weighted by Gasteiger charge is -2.18. The molecule has 1 aliphatic heterocycles. The first-order valence-corrected chi connectivity index (χ1v) is 10.6. The van der Waals surface area contributed by atoms with Gasteiger partial charge in [0.25, 0.3) is 0 Å². The molecule has 1 saturated heterocycles. The van der Waals surface area contributed by atoms with Gasteiger partial charge in [-0.2, -0.15) is 0 Å². The molecule has 4 nitrogen and oxygen atoms in total. The van der Waals surface area contributed by atoms with Gasteiger partial charge in [-0.25, -0.2) is 4.39 Å². The first-order chi connectivity index (χ1) is 14.1. The number of nitrogens with zero attached hydrogens (tertiary/aromatic N) is 2. The van der Waals surface area contributed by atoms with Gasteiger partial charge in [0, 0.05) is 33.2 Å². The molecule has 30 heavy (non-hydrogen) atoms. The van der Waals surface area contributed by atoms with Gasteiger partial charge in [-0.3, -0.25) is 4.99 Å². The number of aliphatic imine (C=N–C) groups is 1. The molecule has 6 heteroatoms. The molecule has 0 spiro atoms. The van der Waals surface area contributed by atoms with Crippen molar-refractivity contribution in [2.45, 2.75) is 26.2 Å². The summed E-state index contributed by atoms with van der Waals surface area (Å²) in [5.41, 5.74) is 3.57. The summed E-state index contributed by atoms with van der Waals surface area (Å²) in [6.07, 6.45) is 3.20. The number of benzene rings is 2. The maximum absolute atomic E-state index is 13.2. The first kappa shape index (κ1) is 24.6. The van der Waals surface area contributed by atoms with Gasteiger partial charge in [-0.15, -0.1) is 24.0 Å². The lowest BCUT2D eigenvalue weighted by molar-refractivity contribution is 0.328. The molecule has 1 heterocycles. The second-order valence-electron chi connectivity index (χ2n) is 7.89. The van der Waals surface area contributed by atoms with Crippen LogP contribution in [0.1, 0.15) is 23.1 Å². The zero-order valence-corrected chi connectivity index (χ0v) is 20.4. The van der Waals surface area contributed by atoms with Crippen molar-refractivity contribution in [3.05, 3.63) is 71.0 Å². The molecule has 0 saturated carbocycles. The average Bonchev–Trinajstić information content (AvgIpc) is 3.19. The van der Waals surface area contributed by atoms with Gasteiger partial charge in [0.15, 0.2) is 5.96 Å². The molecule has 2 aromatic rings. The Hall–Kier alpha value is -1.67. The van der Waals surface area contributed by atoms with Crippen molar-refractivity contribution in [1.29, 1.82) is 0 Å². The highest BCUT2D eigenvalue weighted by molar-refractivity contribution is 14.0. The van der Waals surface area contributed by atoms with Crippen LogP contribution in [0.25, 0.3) is 0 Å². The number of hydrogen-bond donors (Lipinski definition) is 2. The summed E-state index contributed by atoms with van der Waals surface area (Å²) in [5, 5.41) is 6.84. The Morgan fingerprint density at radius 3 is 2.67 bits per heavy atom. The van der Waals surface area contributed by atoms with Crippen LogP contribution in [0.5, 0.6) is 0 Å². The molecule has 1 aliphatic rings. The van der Waals surface area contributed by atoms with Gasteiger partial charge in [0.2, 0.25) is 0 Å². The quantitative estimate of drug-likeness (QED) is 0.312. The predicted molar refractivity (Wildman–Crippen MR) is 134 cm³/mol. The summed E-state index contributed by atoms with van der Waals surface area (Å²) < 4.78 is 13.2. The Morgan fingerprint density at radius 2 is 1.93 bits per heavy atom. The van der Waals surface area contributed by atoms with Crippen LogP contribution < -0.4 is 10.6 Å². The molecule has 2 aromatic carbocycles. The van der Waals surface area contributed by atoms with E-state index in [1.807, 2.05) is 13.0 Å². The maximum atomic E-state index is 13.2. The fourth-order valence-corrected chi connectivity index (χ4v) is 3.93. The van der Waals surface area contributed by atoms with Gasteiger partial charge < -0.3 is 15.5 Å². The monoisotopic (exact) mass is 524 g/mol. The molecule has 1 atom stereocenters. The molecule has 1 unspecified atom stereocenters. The molecule has 2 N–H and O–H groups in total. The number of guanidine groups is 1. The van der Waals surface area contributed by atoms with Gasteiger partial charge in [-0.05, 0) is 67.5 Å². The second kappa shape index (κ2) is 12.9. The topological polar surface area (TPSA) is 39.7 Å². The third-order valence-electron chi connectivity index (χ3n) is 5.70. The molecule has 0 amide bonds. The van der Waals surface area contributed by atoms with Crippen molar-refractivity contribution in [2.75, 3.05) is 39.8 Å². The summed E-state index contributed by atoms with van der Waals surface area (Å²) in [5.74, 6) is 1.32. The van der Waals surface area contributed by atoms with Crippen LogP contribution in [0, 0.1) is 18.7 Å². The van der Waals surface area contributed by atoms with Gasteiger partial charge >= 0.3 is 0 Å². The van der Waals surface area contributed by atoms with Crippen LogP contribution in [-0.4, -0.2) is 50.6 Å². The molecule has 0 aromatic heterocycles. The van der Waals surface area contributed by atoms with E-state index in [1.54, 1.807) is 13.1 Å². The zero-order valence-electron chi connectivity index (χ0n) is 18.0. The molecule has 0 bridgehead atoms. The highest BCUT2D eigenvalue weighted by atomic mass is 127. The summed E-state index contributed by atoms with van der Waals surface area (Å²) in [6.45, 7) is 7.12. The Kier molecular flexibility index (Phi) is 10.6. The van der Waals surface area contributed by atoms with Crippen molar-refractivity contribution < 1.29 is 4.39 Å². The predicted octanol–water partition coefficient (Wildman–Crippen LogP) is 4.02. The fraction of sp³-hybridized carbons (Fsp3) is 0.458. The largest absolute Gasteiger partial charge is 0.356 e. The number of halogens is 2. The third kappa shape index (κ3) is 7.87.